The number of nitrogens with zero attached hydrogens (tertiary/aromatic N) is 2. The van der Waals surface area contributed by atoms with Gasteiger partial charge in [-0.15, -0.1) is 0 Å². The van der Waals surface area contributed by atoms with Gasteiger partial charge < -0.3 is 14.4 Å². The van der Waals surface area contributed by atoms with Crippen molar-refractivity contribution < 1.29 is 32.3 Å². The number of fused-ring (bicyclic) bond motifs is 1. The molecule has 9 heteroatoms. The molecule has 0 aliphatic carbocycles. The zero-order valence-corrected chi connectivity index (χ0v) is 13.5. The number of hydrogen-bond donors (Lipinski definition) is 1. The van der Waals surface area contributed by atoms with Crippen molar-refractivity contribution in [3.05, 3.63) is 47.2 Å². The molecular formula is C17H13F3N2O4. The van der Waals surface area contributed by atoms with Crippen molar-refractivity contribution in [2.75, 3.05) is 13.2 Å². The number of benzene rings is 1. The fourth-order valence-corrected chi connectivity index (χ4v) is 2.56. The molecular weight excluding hydrogens is 353 g/mol. The number of ether oxygens (including phenoxy) is 1. The number of rotatable bonds is 4. The van der Waals surface area contributed by atoms with E-state index in [2.05, 4.69) is 10.1 Å². The number of aliphatic hydroxyl groups excluding tert-OH is 1. The van der Waals surface area contributed by atoms with E-state index >= 15 is 0 Å². The molecule has 1 aromatic carbocycles. The van der Waals surface area contributed by atoms with E-state index in [0.29, 0.717) is 5.69 Å². The SMILES string of the molecule is Cc1noc2nc(-c3ccccc3C(F)(F)F)cc(C(=O)OCCO)c12. The molecule has 0 amide bonds. The molecule has 1 N–H and O–H groups in total. The summed E-state index contributed by atoms with van der Waals surface area (Å²) in [6.07, 6.45) is -4.60. The number of alkyl halides is 3. The minimum absolute atomic E-state index is 0.0332. The van der Waals surface area contributed by atoms with Crippen LogP contribution in [0.15, 0.2) is 34.9 Å². The topological polar surface area (TPSA) is 85.5 Å². The summed E-state index contributed by atoms with van der Waals surface area (Å²) in [6, 6.07) is 6.09. The van der Waals surface area contributed by atoms with Gasteiger partial charge in [-0.3, -0.25) is 0 Å². The highest BCUT2D eigenvalue weighted by atomic mass is 19.4. The van der Waals surface area contributed by atoms with E-state index in [-0.39, 0.29) is 41.1 Å². The Kier molecular flexibility index (Phi) is 4.64. The Morgan fingerprint density at radius 2 is 2.04 bits per heavy atom. The third kappa shape index (κ3) is 3.25. The number of carbonyl (C=O) groups is 1. The first-order valence-corrected chi connectivity index (χ1v) is 7.54. The van der Waals surface area contributed by atoms with Gasteiger partial charge in [0.2, 0.25) is 0 Å². The van der Waals surface area contributed by atoms with Crippen LogP contribution in [-0.2, 0) is 10.9 Å². The molecule has 0 saturated heterocycles. The molecule has 0 spiro atoms. The molecule has 26 heavy (non-hydrogen) atoms. The smallest absolute Gasteiger partial charge is 0.417 e. The Hall–Kier alpha value is -2.94. The molecule has 6 nitrogen and oxygen atoms in total. The van der Waals surface area contributed by atoms with Crippen LogP contribution in [0.25, 0.3) is 22.4 Å². The van der Waals surface area contributed by atoms with Crippen LogP contribution in [0.4, 0.5) is 13.2 Å². The molecule has 3 aromatic rings. The van der Waals surface area contributed by atoms with Crippen LogP contribution in [-0.4, -0.2) is 34.4 Å². The second-order valence-electron chi connectivity index (χ2n) is 5.41. The Labute approximate surface area is 145 Å². The number of hydrogen-bond acceptors (Lipinski definition) is 6. The van der Waals surface area contributed by atoms with E-state index in [1.807, 2.05) is 0 Å². The average molecular weight is 366 g/mol. The molecule has 0 aliphatic rings. The monoisotopic (exact) mass is 366 g/mol. The first kappa shape index (κ1) is 17.9. The fraction of sp³-hybridized carbons (Fsp3) is 0.235. The Bertz CT molecular complexity index is 966. The summed E-state index contributed by atoms with van der Waals surface area (Å²) >= 11 is 0. The number of aromatic nitrogens is 2. The van der Waals surface area contributed by atoms with E-state index in [0.717, 1.165) is 6.07 Å². The molecule has 0 saturated carbocycles. The lowest BCUT2D eigenvalue weighted by atomic mass is 10.0. The van der Waals surface area contributed by atoms with E-state index in [4.69, 9.17) is 14.4 Å². The summed E-state index contributed by atoms with van der Waals surface area (Å²) in [5.74, 6) is -0.816. The van der Waals surface area contributed by atoms with Crippen LogP contribution in [0.3, 0.4) is 0 Å². The quantitative estimate of drug-likeness (QED) is 0.713. The lowest BCUT2D eigenvalue weighted by molar-refractivity contribution is -0.137. The van der Waals surface area contributed by atoms with Gasteiger partial charge in [0.15, 0.2) is 0 Å². The van der Waals surface area contributed by atoms with Gasteiger partial charge in [0, 0.05) is 5.56 Å². The summed E-state index contributed by atoms with van der Waals surface area (Å²) in [7, 11) is 0. The van der Waals surface area contributed by atoms with Crippen molar-refractivity contribution in [1.29, 1.82) is 0 Å². The number of pyridine rings is 1. The zero-order valence-electron chi connectivity index (χ0n) is 13.5. The molecule has 0 radical (unpaired) electrons. The summed E-state index contributed by atoms with van der Waals surface area (Å²) in [4.78, 5) is 16.4. The number of halogens is 3. The van der Waals surface area contributed by atoms with Crippen molar-refractivity contribution in [2.45, 2.75) is 13.1 Å². The van der Waals surface area contributed by atoms with Crippen molar-refractivity contribution in [3.8, 4) is 11.3 Å². The van der Waals surface area contributed by atoms with Crippen molar-refractivity contribution >= 4 is 17.1 Å². The predicted octanol–water partition coefficient (Wildman–Crippen LogP) is 3.37. The number of carbonyl (C=O) groups excluding carboxylic acids is 1. The Morgan fingerprint density at radius 1 is 1.31 bits per heavy atom. The second kappa shape index (κ2) is 6.75. The molecule has 0 atom stereocenters. The van der Waals surface area contributed by atoms with Gasteiger partial charge in [0.05, 0.1) is 34.5 Å². The van der Waals surface area contributed by atoms with Gasteiger partial charge in [0.25, 0.3) is 5.71 Å². The summed E-state index contributed by atoms with van der Waals surface area (Å²) in [5.41, 5.74) is -0.955. The maximum absolute atomic E-state index is 13.3. The van der Waals surface area contributed by atoms with E-state index in [9.17, 15) is 18.0 Å². The van der Waals surface area contributed by atoms with Gasteiger partial charge in [-0.1, -0.05) is 23.4 Å². The highest BCUT2D eigenvalue weighted by Crippen LogP contribution is 2.37. The van der Waals surface area contributed by atoms with Crippen molar-refractivity contribution in [2.24, 2.45) is 0 Å². The Morgan fingerprint density at radius 3 is 2.73 bits per heavy atom. The molecule has 3 rings (SSSR count). The molecule has 0 fully saturated rings. The normalized spacial score (nSPS) is 11.7. The third-order valence-electron chi connectivity index (χ3n) is 3.67. The maximum Gasteiger partial charge on any atom is 0.417 e. The summed E-state index contributed by atoms with van der Waals surface area (Å²) in [5, 5.41) is 12.8. The van der Waals surface area contributed by atoms with Gasteiger partial charge in [-0.05, 0) is 19.1 Å². The molecule has 2 heterocycles. The third-order valence-corrected chi connectivity index (χ3v) is 3.67. The minimum atomic E-state index is -4.60. The number of aliphatic hydroxyl groups is 1. The van der Waals surface area contributed by atoms with Crippen molar-refractivity contribution in [3.63, 3.8) is 0 Å². The van der Waals surface area contributed by atoms with E-state index in [1.165, 1.54) is 24.3 Å². The summed E-state index contributed by atoms with van der Waals surface area (Å²) in [6.45, 7) is 0.938. The lowest BCUT2D eigenvalue weighted by Crippen LogP contribution is -2.11. The van der Waals surface area contributed by atoms with Crippen LogP contribution >= 0.6 is 0 Å². The molecule has 136 valence electrons. The van der Waals surface area contributed by atoms with Crippen LogP contribution in [0, 0.1) is 6.92 Å². The minimum Gasteiger partial charge on any atom is -0.460 e. The van der Waals surface area contributed by atoms with Crippen LogP contribution in [0.2, 0.25) is 0 Å². The largest absolute Gasteiger partial charge is 0.460 e. The predicted molar refractivity (Wildman–Crippen MR) is 84.3 cm³/mol. The fourth-order valence-electron chi connectivity index (χ4n) is 2.56. The van der Waals surface area contributed by atoms with Gasteiger partial charge >= 0.3 is 12.1 Å². The van der Waals surface area contributed by atoms with E-state index < -0.39 is 17.7 Å². The first-order valence-electron chi connectivity index (χ1n) is 7.54. The molecule has 0 bridgehead atoms. The summed E-state index contributed by atoms with van der Waals surface area (Å²) < 4.78 is 49.8. The van der Waals surface area contributed by atoms with Crippen LogP contribution < -0.4 is 0 Å². The van der Waals surface area contributed by atoms with Crippen LogP contribution in [0.1, 0.15) is 21.6 Å². The zero-order chi connectivity index (χ0) is 18.9. The van der Waals surface area contributed by atoms with Gasteiger partial charge in [-0.25, -0.2) is 9.78 Å². The van der Waals surface area contributed by atoms with Crippen LogP contribution in [0.5, 0.6) is 0 Å². The lowest BCUT2D eigenvalue weighted by Gasteiger charge is -2.13. The molecule has 2 aromatic heterocycles. The highest BCUT2D eigenvalue weighted by molar-refractivity contribution is 6.04. The molecule has 0 unspecified atom stereocenters. The maximum atomic E-state index is 13.3. The van der Waals surface area contributed by atoms with Gasteiger partial charge in [0.1, 0.15) is 6.61 Å². The average Bonchev–Trinajstić information content (AvgIpc) is 2.99. The molecule has 0 aliphatic heterocycles. The van der Waals surface area contributed by atoms with E-state index in [1.54, 1.807) is 6.92 Å². The second-order valence-corrected chi connectivity index (χ2v) is 5.41. The standard InChI is InChI=1S/C17H13F3N2O4/c1-9-14-11(16(24)25-7-6-23)8-13(21-15(14)26-22-9)10-4-2-3-5-12(10)17(18,19)20/h2-5,8,23H,6-7H2,1H3. The van der Waals surface area contributed by atoms with Crippen molar-refractivity contribution in [1.82, 2.24) is 10.1 Å². The number of aryl methyl sites for hydroxylation is 1. The van der Waals surface area contributed by atoms with Gasteiger partial charge in [-0.2, -0.15) is 13.2 Å². The Balaban J connectivity index is 2.22. The highest BCUT2D eigenvalue weighted by Gasteiger charge is 2.34. The first-order chi connectivity index (χ1) is 12.3. The number of esters is 1.